The van der Waals surface area contributed by atoms with Crippen LogP contribution in [0.5, 0.6) is 11.6 Å². The molecule has 154 valence electrons. The van der Waals surface area contributed by atoms with Crippen molar-refractivity contribution in [2.45, 2.75) is 38.7 Å². The number of nitrogens with zero attached hydrogens (tertiary/aromatic N) is 2. The maximum absolute atomic E-state index is 13.0. The summed E-state index contributed by atoms with van der Waals surface area (Å²) in [7, 11) is 0. The van der Waals surface area contributed by atoms with Gasteiger partial charge in [0.15, 0.2) is 6.61 Å². The highest BCUT2D eigenvalue weighted by Crippen LogP contribution is 2.36. The van der Waals surface area contributed by atoms with Gasteiger partial charge in [-0.05, 0) is 32.9 Å². The molecule has 0 fully saturated rings. The fourth-order valence-electron chi connectivity index (χ4n) is 2.00. The number of anilines is 2. The number of aromatic nitrogens is 2. The molecule has 1 N–H and O–H groups in total. The van der Waals surface area contributed by atoms with E-state index in [1.807, 2.05) is 20.8 Å². The summed E-state index contributed by atoms with van der Waals surface area (Å²) in [4.78, 5) is 6.94. The van der Waals surface area contributed by atoms with Crippen molar-refractivity contribution in [1.29, 1.82) is 0 Å². The zero-order valence-electron chi connectivity index (χ0n) is 15.1. The van der Waals surface area contributed by atoms with Crippen molar-refractivity contribution >= 4 is 11.6 Å². The van der Waals surface area contributed by atoms with Gasteiger partial charge in [-0.3, -0.25) is 0 Å². The van der Waals surface area contributed by atoms with Crippen LogP contribution in [0, 0.1) is 0 Å². The number of hydrogen-bond donors (Lipinski definition) is 1. The molecule has 2 rings (SSSR count). The first-order valence-corrected chi connectivity index (χ1v) is 7.93. The smallest absolute Gasteiger partial charge is 0.423 e. The number of hydrogen-bond acceptors (Lipinski definition) is 5. The molecule has 0 aliphatic heterocycles. The molecule has 28 heavy (non-hydrogen) atoms. The highest BCUT2D eigenvalue weighted by molar-refractivity contribution is 5.56. The number of benzene rings is 1. The largest absolute Gasteiger partial charge is 0.488 e. The van der Waals surface area contributed by atoms with Crippen LogP contribution in [-0.2, 0) is 6.18 Å². The average molecular weight is 409 g/mol. The van der Waals surface area contributed by atoms with Crippen molar-refractivity contribution in [3.05, 3.63) is 36.0 Å². The van der Waals surface area contributed by atoms with Crippen LogP contribution in [0.15, 0.2) is 30.5 Å². The van der Waals surface area contributed by atoms with Gasteiger partial charge in [-0.15, -0.1) is 0 Å². The summed E-state index contributed by atoms with van der Waals surface area (Å²) in [5, 5.41) is 2.62. The Labute approximate surface area is 156 Å². The lowest BCUT2D eigenvalue weighted by atomic mass is 10.2. The van der Waals surface area contributed by atoms with E-state index in [0.29, 0.717) is 17.6 Å². The first-order valence-electron chi connectivity index (χ1n) is 7.93. The summed E-state index contributed by atoms with van der Waals surface area (Å²) >= 11 is 0. The standard InChI is InChI=1S/C17H17F6N3O2/c1-15(2,3)28-11-6-4-5-10(7-11)25-14-24-8-12(17(21,22)23)13(26-14)27-9-16(18,19)20/h4-8H,9H2,1-3H3,(H,24,25,26). The van der Waals surface area contributed by atoms with Crippen molar-refractivity contribution in [1.82, 2.24) is 9.97 Å². The summed E-state index contributed by atoms with van der Waals surface area (Å²) in [6.07, 6.45) is -9.43. The lowest BCUT2D eigenvalue weighted by molar-refractivity contribution is -0.159. The van der Waals surface area contributed by atoms with E-state index >= 15 is 0 Å². The third kappa shape index (κ3) is 6.78. The molecule has 11 heteroatoms. The second-order valence-electron chi connectivity index (χ2n) is 6.68. The van der Waals surface area contributed by atoms with Gasteiger partial charge in [-0.1, -0.05) is 6.07 Å². The number of alkyl halides is 6. The summed E-state index contributed by atoms with van der Waals surface area (Å²) in [5.41, 5.74) is -1.63. The summed E-state index contributed by atoms with van der Waals surface area (Å²) < 4.78 is 85.7. The Kier molecular flexibility index (Phi) is 5.95. The van der Waals surface area contributed by atoms with E-state index < -0.39 is 36.0 Å². The fourth-order valence-corrected chi connectivity index (χ4v) is 2.00. The van der Waals surface area contributed by atoms with Crippen LogP contribution in [-0.4, -0.2) is 28.4 Å². The molecule has 1 aromatic heterocycles. The maximum Gasteiger partial charge on any atom is 0.423 e. The first kappa shape index (κ1) is 21.6. The highest BCUT2D eigenvalue weighted by atomic mass is 19.4. The molecule has 0 aliphatic rings. The molecule has 5 nitrogen and oxygen atoms in total. The van der Waals surface area contributed by atoms with Crippen LogP contribution in [0.1, 0.15) is 26.3 Å². The van der Waals surface area contributed by atoms with Crippen molar-refractivity contribution < 1.29 is 35.8 Å². The Morgan fingerprint density at radius 1 is 1.04 bits per heavy atom. The van der Waals surface area contributed by atoms with Gasteiger partial charge in [0, 0.05) is 18.0 Å². The average Bonchev–Trinajstić information content (AvgIpc) is 2.50. The molecule has 0 aliphatic carbocycles. The van der Waals surface area contributed by atoms with Gasteiger partial charge in [0.05, 0.1) is 0 Å². The Bertz CT molecular complexity index is 816. The minimum Gasteiger partial charge on any atom is -0.488 e. The van der Waals surface area contributed by atoms with Crippen molar-refractivity contribution in [3.8, 4) is 11.6 Å². The molecule has 0 atom stereocenters. The topological polar surface area (TPSA) is 56.3 Å². The number of rotatable bonds is 5. The molecule has 0 saturated heterocycles. The Morgan fingerprint density at radius 2 is 1.71 bits per heavy atom. The SMILES string of the molecule is CC(C)(C)Oc1cccc(Nc2ncc(C(F)(F)F)c(OCC(F)(F)F)n2)c1. The molecule has 0 amide bonds. The monoisotopic (exact) mass is 409 g/mol. The minimum absolute atomic E-state index is 0.358. The van der Waals surface area contributed by atoms with Crippen LogP contribution in [0.25, 0.3) is 0 Å². The molecule has 2 aromatic rings. The van der Waals surface area contributed by atoms with E-state index in [1.54, 1.807) is 24.3 Å². The van der Waals surface area contributed by atoms with Crippen molar-refractivity contribution in [2.75, 3.05) is 11.9 Å². The molecule has 0 spiro atoms. The Balaban J connectivity index is 2.28. The lowest BCUT2D eigenvalue weighted by Gasteiger charge is -2.21. The minimum atomic E-state index is -4.97. The number of ether oxygens (including phenoxy) is 2. The van der Waals surface area contributed by atoms with Gasteiger partial charge in [0.2, 0.25) is 11.8 Å². The normalized spacial score (nSPS) is 12.6. The van der Waals surface area contributed by atoms with E-state index in [0.717, 1.165) is 0 Å². The fraction of sp³-hybridized carbons (Fsp3) is 0.412. The van der Waals surface area contributed by atoms with Gasteiger partial charge >= 0.3 is 12.4 Å². The van der Waals surface area contributed by atoms with Crippen molar-refractivity contribution in [3.63, 3.8) is 0 Å². The van der Waals surface area contributed by atoms with E-state index in [-0.39, 0.29) is 5.95 Å². The quantitative estimate of drug-likeness (QED) is 0.674. The molecule has 0 bridgehead atoms. The van der Waals surface area contributed by atoms with Crippen LogP contribution in [0.3, 0.4) is 0 Å². The van der Waals surface area contributed by atoms with Gasteiger partial charge in [-0.25, -0.2) is 4.98 Å². The first-order chi connectivity index (χ1) is 12.7. The predicted molar refractivity (Wildman–Crippen MR) is 88.7 cm³/mol. The number of halogens is 6. The molecule has 1 aromatic carbocycles. The van der Waals surface area contributed by atoms with Gasteiger partial charge in [-0.2, -0.15) is 31.3 Å². The molecule has 1 heterocycles. The molecule has 0 saturated carbocycles. The van der Waals surface area contributed by atoms with Crippen LogP contribution < -0.4 is 14.8 Å². The Hall–Kier alpha value is -2.72. The van der Waals surface area contributed by atoms with Crippen molar-refractivity contribution in [2.24, 2.45) is 0 Å². The second kappa shape index (κ2) is 7.72. The molecule has 0 radical (unpaired) electrons. The second-order valence-corrected chi connectivity index (χ2v) is 6.68. The van der Waals surface area contributed by atoms with Gasteiger partial charge < -0.3 is 14.8 Å². The molecule has 0 unspecified atom stereocenters. The zero-order valence-corrected chi connectivity index (χ0v) is 15.1. The maximum atomic E-state index is 13.0. The number of nitrogens with one attached hydrogen (secondary N) is 1. The summed E-state index contributed by atoms with van der Waals surface area (Å²) in [6.45, 7) is 3.57. The van der Waals surface area contributed by atoms with E-state index in [4.69, 9.17) is 4.74 Å². The van der Waals surface area contributed by atoms with E-state index in [9.17, 15) is 26.3 Å². The van der Waals surface area contributed by atoms with Crippen LogP contribution in [0.4, 0.5) is 38.0 Å². The van der Waals surface area contributed by atoms with Crippen LogP contribution >= 0.6 is 0 Å². The van der Waals surface area contributed by atoms with Crippen LogP contribution in [0.2, 0.25) is 0 Å². The zero-order chi connectivity index (χ0) is 21.2. The van der Waals surface area contributed by atoms with Gasteiger partial charge in [0.25, 0.3) is 0 Å². The summed E-state index contributed by atoms with van der Waals surface area (Å²) in [5.74, 6) is -1.11. The van der Waals surface area contributed by atoms with E-state index in [2.05, 4.69) is 20.0 Å². The third-order valence-electron chi connectivity index (χ3n) is 2.95. The highest BCUT2D eigenvalue weighted by Gasteiger charge is 2.38. The van der Waals surface area contributed by atoms with Gasteiger partial charge in [0.1, 0.15) is 16.9 Å². The summed E-state index contributed by atoms with van der Waals surface area (Å²) in [6, 6.07) is 6.39. The van der Waals surface area contributed by atoms with E-state index in [1.165, 1.54) is 0 Å². The molecular weight excluding hydrogens is 392 g/mol. The Morgan fingerprint density at radius 3 is 2.29 bits per heavy atom. The lowest BCUT2D eigenvalue weighted by Crippen LogP contribution is -2.23. The third-order valence-corrected chi connectivity index (χ3v) is 2.95. The molecular formula is C17H17F6N3O2. The predicted octanol–water partition coefficient (Wildman–Crippen LogP) is 5.36.